The number of fused-ring (bicyclic) bond motifs is 3. The second kappa shape index (κ2) is 12.3. The largest absolute Gasteiger partial charge is 0.508 e. The van der Waals surface area contributed by atoms with Crippen molar-refractivity contribution in [3.05, 3.63) is 113 Å². The Morgan fingerprint density at radius 2 is 1.68 bits per heavy atom. The second-order valence-electron chi connectivity index (χ2n) is 13.1. The zero-order chi connectivity index (χ0) is 34.7. The average molecular weight is 671 g/mol. The van der Waals surface area contributed by atoms with E-state index in [0.29, 0.717) is 70.5 Å². The van der Waals surface area contributed by atoms with E-state index in [1.165, 1.54) is 5.56 Å². The predicted octanol–water partition coefficient (Wildman–Crippen LogP) is 5.33. The lowest BCUT2D eigenvalue weighted by atomic mass is 9.92. The number of amides is 2. The van der Waals surface area contributed by atoms with Gasteiger partial charge in [-0.1, -0.05) is 24.3 Å². The number of likely N-dealkylation sites (N-methyl/N-ethyl adjacent to an activating group) is 1. The highest BCUT2D eigenvalue weighted by atomic mass is 16.7. The van der Waals surface area contributed by atoms with Gasteiger partial charge in [0.05, 0.1) is 23.0 Å². The number of aromatic hydroxyl groups is 1. The molecule has 0 bridgehead atoms. The molecule has 50 heavy (non-hydrogen) atoms. The first-order valence-corrected chi connectivity index (χ1v) is 16.7. The number of ether oxygens (including phenoxy) is 2. The third-order valence-corrected chi connectivity index (χ3v) is 10.2. The van der Waals surface area contributed by atoms with Crippen LogP contribution >= 0.6 is 0 Å². The van der Waals surface area contributed by atoms with Crippen LogP contribution in [0.3, 0.4) is 0 Å². The van der Waals surface area contributed by atoms with E-state index in [9.17, 15) is 14.7 Å². The number of rotatable bonds is 6. The van der Waals surface area contributed by atoms with Crippen molar-refractivity contribution in [1.29, 1.82) is 0 Å². The minimum absolute atomic E-state index is 0.0526. The summed E-state index contributed by atoms with van der Waals surface area (Å²) in [6, 6.07) is 21.9. The lowest BCUT2D eigenvalue weighted by Crippen LogP contribution is -2.48. The summed E-state index contributed by atoms with van der Waals surface area (Å²) in [5.74, 6) is 1.58. The maximum absolute atomic E-state index is 14.7. The fraction of sp³-hybridized carbons (Fsp3) is 0.256. The summed E-state index contributed by atoms with van der Waals surface area (Å²) in [6.07, 6.45) is 3.21. The van der Waals surface area contributed by atoms with E-state index in [2.05, 4.69) is 17.0 Å². The molecule has 11 heteroatoms. The Morgan fingerprint density at radius 1 is 0.940 bits per heavy atom. The smallest absolute Gasteiger partial charge is 0.264 e. The highest BCUT2D eigenvalue weighted by Crippen LogP contribution is 2.42. The van der Waals surface area contributed by atoms with Crippen molar-refractivity contribution < 1.29 is 24.2 Å². The molecule has 0 radical (unpaired) electrons. The Balaban J connectivity index is 1.22. The minimum Gasteiger partial charge on any atom is -0.508 e. The van der Waals surface area contributed by atoms with Gasteiger partial charge in [-0.2, -0.15) is 0 Å². The van der Waals surface area contributed by atoms with Crippen LogP contribution < -0.4 is 25.0 Å². The molecule has 2 aromatic heterocycles. The van der Waals surface area contributed by atoms with E-state index in [-0.39, 0.29) is 30.4 Å². The Morgan fingerprint density at radius 3 is 2.44 bits per heavy atom. The zero-order valence-corrected chi connectivity index (χ0v) is 28.2. The van der Waals surface area contributed by atoms with Crippen molar-refractivity contribution in [1.82, 2.24) is 14.5 Å². The number of benzene rings is 3. The normalized spacial score (nSPS) is 16.0. The summed E-state index contributed by atoms with van der Waals surface area (Å²) in [7, 11) is 3.89. The van der Waals surface area contributed by atoms with Gasteiger partial charge in [0.1, 0.15) is 11.6 Å². The first-order valence-electron chi connectivity index (χ1n) is 16.7. The fourth-order valence-corrected chi connectivity index (χ4v) is 7.34. The molecule has 0 saturated heterocycles. The zero-order valence-electron chi connectivity index (χ0n) is 28.2. The van der Waals surface area contributed by atoms with Crippen LogP contribution in [0.15, 0.2) is 79.0 Å². The van der Waals surface area contributed by atoms with Crippen LogP contribution in [0.2, 0.25) is 0 Å². The Labute approximate surface area is 290 Å². The molecule has 8 rings (SSSR count). The van der Waals surface area contributed by atoms with E-state index in [0.717, 1.165) is 29.9 Å². The SMILES string of the molecule is Cc1c(C(=O)N(c2ccc(O)cc2)c2cnc3c(c2)CCN3C)cc(-c2cc3c(cc2C(=O)N2Cc4ccccc4C[C@H]2CN)OCO3)n1C. The lowest BCUT2D eigenvalue weighted by Gasteiger charge is -2.37. The fourth-order valence-electron chi connectivity index (χ4n) is 7.34. The Bertz CT molecular complexity index is 2160. The van der Waals surface area contributed by atoms with Gasteiger partial charge >= 0.3 is 0 Å². The summed E-state index contributed by atoms with van der Waals surface area (Å²) in [6.45, 7) is 3.56. The van der Waals surface area contributed by atoms with Gasteiger partial charge in [0.25, 0.3) is 11.8 Å². The van der Waals surface area contributed by atoms with Crippen molar-refractivity contribution in [2.45, 2.75) is 32.4 Å². The Hall–Kier alpha value is -5.81. The highest BCUT2D eigenvalue weighted by molar-refractivity contribution is 6.12. The van der Waals surface area contributed by atoms with Crippen molar-refractivity contribution in [2.75, 3.05) is 36.7 Å². The molecule has 0 saturated carbocycles. The van der Waals surface area contributed by atoms with Gasteiger partial charge < -0.3 is 34.7 Å². The monoisotopic (exact) mass is 670 g/mol. The van der Waals surface area contributed by atoms with E-state index < -0.39 is 0 Å². The second-order valence-corrected chi connectivity index (χ2v) is 13.1. The van der Waals surface area contributed by atoms with Crippen LogP contribution in [-0.4, -0.2) is 64.3 Å². The number of phenols is 1. The first-order chi connectivity index (χ1) is 24.2. The molecular formula is C39H38N6O5. The maximum Gasteiger partial charge on any atom is 0.264 e. The molecule has 0 aliphatic carbocycles. The first kappa shape index (κ1) is 31.5. The van der Waals surface area contributed by atoms with E-state index in [1.54, 1.807) is 41.4 Å². The molecule has 0 spiro atoms. The number of carbonyl (C=O) groups is 2. The molecule has 3 aromatic carbocycles. The van der Waals surface area contributed by atoms with Crippen LogP contribution in [0.1, 0.15) is 43.1 Å². The lowest BCUT2D eigenvalue weighted by molar-refractivity contribution is 0.0648. The molecule has 0 unspecified atom stereocenters. The number of carbonyl (C=O) groups excluding carboxylic acids is 2. The molecule has 5 aromatic rings. The standard InChI is InChI=1S/C39H38N6O5/c1-23-31(39(48)45(27-8-10-30(46)11-9-27)29-15-25-12-13-42(2)37(25)41-20-29)16-34(43(23)3)32-17-35-36(50-22-49-35)18-33(32)38(47)44-21-26-7-5-4-6-24(26)14-28(44)19-40/h4-11,15-18,20,28,46H,12-14,19,21-22,40H2,1-3H3/t28-/m0/s1. The third kappa shape index (κ3) is 5.21. The minimum atomic E-state index is -0.271. The van der Waals surface area contributed by atoms with Crippen molar-refractivity contribution in [3.8, 4) is 28.5 Å². The van der Waals surface area contributed by atoms with Gasteiger partial charge in [-0.25, -0.2) is 4.98 Å². The van der Waals surface area contributed by atoms with Crippen LogP contribution in [0.5, 0.6) is 17.2 Å². The number of anilines is 3. The number of aromatic nitrogens is 2. The number of hydrogen-bond donors (Lipinski definition) is 2. The maximum atomic E-state index is 14.7. The molecular weight excluding hydrogens is 632 g/mol. The highest BCUT2D eigenvalue weighted by Gasteiger charge is 2.34. The van der Waals surface area contributed by atoms with Gasteiger partial charge in [-0.15, -0.1) is 0 Å². The average Bonchev–Trinajstić information content (AvgIpc) is 3.84. The van der Waals surface area contributed by atoms with Gasteiger partial charge in [0.15, 0.2) is 11.5 Å². The molecule has 0 fully saturated rings. The quantitative estimate of drug-likeness (QED) is 0.249. The number of nitrogens with two attached hydrogens (primary N) is 1. The predicted molar refractivity (Wildman–Crippen MR) is 190 cm³/mol. The van der Waals surface area contributed by atoms with Gasteiger partial charge in [0.2, 0.25) is 6.79 Å². The van der Waals surface area contributed by atoms with Crippen LogP contribution in [0.4, 0.5) is 17.2 Å². The van der Waals surface area contributed by atoms with Crippen LogP contribution in [-0.2, 0) is 26.4 Å². The van der Waals surface area contributed by atoms with Gasteiger partial charge in [-0.3, -0.25) is 14.5 Å². The molecule has 3 N–H and O–H groups in total. The van der Waals surface area contributed by atoms with Crippen molar-refractivity contribution in [2.24, 2.45) is 12.8 Å². The van der Waals surface area contributed by atoms with Crippen molar-refractivity contribution >= 4 is 29.0 Å². The summed E-state index contributed by atoms with van der Waals surface area (Å²) in [5.41, 5.74) is 13.7. The summed E-state index contributed by atoms with van der Waals surface area (Å²) in [5, 5.41) is 10.1. The van der Waals surface area contributed by atoms with Crippen molar-refractivity contribution in [3.63, 3.8) is 0 Å². The van der Waals surface area contributed by atoms with Gasteiger partial charge in [0, 0.05) is 62.4 Å². The molecule has 2 amide bonds. The molecule has 3 aliphatic heterocycles. The molecule has 254 valence electrons. The number of hydrogen-bond acceptors (Lipinski definition) is 8. The molecule has 3 aliphatic rings. The summed E-state index contributed by atoms with van der Waals surface area (Å²) >= 11 is 0. The Kier molecular flexibility index (Phi) is 7.71. The summed E-state index contributed by atoms with van der Waals surface area (Å²) < 4.78 is 13.4. The number of phenolic OH excluding ortho intramolecular Hbond substituents is 1. The topological polar surface area (TPSA) is 126 Å². The molecule has 11 nitrogen and oxygen atoms in total. The van der Waals surface area contributed by atoms with E-state index >= 15 is 0 Å². The molecule has 1 atom stereocenters. The van der Waals surface area contributed by atoms with Crippen LogP contribution in [0.25, 0.3) is 11.3 Å². The third-order valence-electron chi connectivity index (χ3n) is 10.2. The van der Waals surface area contributed by atoms with E-state index in [4.69, 9.17) is 20.2 Å². The van der Waals surface area contributed by atoms with Crippen LogP contribution in [0, 0.1) is 6.92 Å². The van der Waals surface area contributed by atoms with E-state index in [1.807, 2.05) is 60.8 Å². The number of pyridine rings is 1. The number of nitrogens with zero attached hydrogens (tertiary/aromatic N) is 5. The summed E-state index contributed by atoms with van der Waals surface area (Å²) in [4.78, 5) is 39.6. The molecule has 5 heterocycles. The van der Waals surface area contributed by atoms with Gasteiger partial charge in [-0.05, 0) is 85.0 Å².